The van der Waals surface area contributed by atoms with Gasteiger partial charge in [0.15, 0.2) is 0 Å². The number of carbonyl (C=O) groups excluding carboxylic acids is 1. The summed E-state index contributed by atoms with van der Waals surface area (Å²) in [4.78, 5) is 11.9. The molecule has 0 unspecified atom stereocenters. The Morgan fingerprint density at radius 2 is 1.93 bits per heavy atom. The first kappa shape index (κ1) is 18.9. The van der Waals surface area contributed by atoms with E-state index in [9.17, 15) is 4.79 Å². The molecule has 140 valence electrons. The minimum absolute atomic E-state index is 0.122. The average molecular weight is 384 g/mol. The van der Waals surface area contributed by atoms with Crippen molar-refractivity contribution in [2.24, 2.45) is 0 Å². The van der Waals surface area contributed by atoms with Gasteiger partial charge >= 0.3 is 5.97 Å². The van der Waals surface area contributed by atoms with Crippen LogP contribution in [0.25, 0.3) is 5.69 Å². The molecule has 0 saturated heterocycles. The van der Waals surface area contributed by atoms with E-state index < -0.39 is 0 Å². The van der Waals surface area contributed by atoms with E-state index in [2.05, 4.69) is 15.5 Å². The van der Waals surface area contributed by atoms with Crippen molar-refractivity contribution in [3.63, 3.8) is 0 Å². The highest BCUT2D eigenvalue weighted by Gasteiger charge is 2.14. The van der Waals surface area contributed by atoms with Gasteiger partial charge in [-0.25, -0.2) is 0 Å². The van der Waals surface area contributed by atoms with Gasteiger partial charge in [0.2, 0.25) is 5.16 Å². The second-order valence-corrected chi connectivity index (χ2v) is 6.78. The Kier molecular flexibility index (Phi) is 6.43. The number of carbonyl (C=O) groups is 1. The SMILES string of the molecule is Cc1ccc(C)c(-n2nnnc2SCC(=O)OCCOc2ccccc2)c1. The summed E-state index contributed by atoms with van der Waals surface area (Å²) in [7, 11) is 0. The number of nitrogens with zero attached hydrogens (tertiary/aromatic N) is 4. The molecule has 0 spiro atoms. The number of para-hydroxylation sites is 1. The summed E-state index contributed by atoms with van der Waals surface area (Å²) in [5.41, 5.74) is 3.06. The molecule has 3 rings (SSSR count). The fourth-order valence-electron chi connectivity index (χ4n) is 2.36. The third kappa shape index (κ3) is 5.30. The maximum atomic E-state index is 11.9. The summed E-state index contributed by atoms with van der Waals surface area (Å²) >= 11 is 1.24. The fraction of sp³-hybridized carbons (Fsp3) is 0.263. The van der Waals surface area contributed by atoms with Gasteiger partial charge in [-0.2, -0.15) is 4.68 Å². The van der Waals surface area contributed by atoms with Gasteiger partial charge in [-0.1, -0.05) is 42.1 Å². The summed E-state index contributed by atoms with van der Waals surface area (Å²) in [6, 6.07) is 15.4. The Morgan fingerprint density at radius 3 is 2.74 bits per heavy atom. The molecule has 0 N–H and O–H groups in total. The number of tetrazole rings is 1. The fourth-order valence-corrected chi connectivity index (χ4v) is 3.05. The monoisotopic (exact) mass is 384 g/mol. The highest BCUT2D eigenvalue weighted by Crippen LogP contribution is 2.21. The standard InChI is InChI=1S/C19H20N4O3S/c1-14-8-9-15(2)17(12-14)23-19(20-21-22-23)27-13-18(24)26-11-10-25-16-6-4-3-5-7-16/h3-9,12H,10-11,13H2,1-2H3. The third-order valence-electron chi connectivity index (χ3n) is 3.71. The van der Waals surface area contributed by atoms with Crippen LogP contribution in [0, 0.1) is 13.8 Å². The first-order chi connectivity index (χ1) is 13.1. The van der Waals surface area contributed by atoms with Crippen LogP contribution < -0.4 is 4.74 Å². The minimum Gasteiger partial charge on any atom is -0.490 e. The van der Waals surface area contributed by atoms with Crippen LogP contribution in [0.5, 0.6) is 5.75 Å². The lowest BCUT2D eigenvalue weighted by Gasteiger charge is -2.09. The Balaban J connectivity index is 1.48. The topological polar surface area (TPSA) is 79.1 Å². The second kappa shape index (κ2) is 9.18. The van der Waals surface area contributed by atoms with Crippen LogP contribution in [0.4, 0.5) is 0 Å². The van der Waals surface area contributed by atoms with Gasteiger partial charge in [0.25, 0.3) is 0 Å². The van der Waals surface area contributed by atoms with Crippen molar-refractivity contribution in [1.82, 2.24) is 20.2 Å². The van der Waals surface area contributed by atoms with Crippen LogP contribution in [-0.4, -0.2) is 45.1 Å². The molecule has 0 atom stereocenters. The number of ether oxygens (including phenoxy) is 2. The van der Waals surface area contributed by atoms with E-state index in [-0.39, 0.29) is 18.3 Å². The van der Waals surface area contributed by atoms with E-state index in [4.69, 9.17) is 9.47 Å². The highest BCUT2D eigenvalue weighted by atomic mass is 32.2. The molecule has 0 aliphatic heterocycles. The van der Waals surface area contributed by atoms with Crippen molar-refractivity contribution in [1.29, 1.82) is 0 Å². The lowest BCUT2D eigenvalue weighted by atomic mass is 10.1. The molecule has 1 heterocycles. The molecular formula is C19H20N4O3S. The van der Waals surface area contributed by atoms with E-state index in [1.54, 1.807) is 4.68 Å². The van der Waals surface area contributed by atoms with Crippen LogP contribution in [0.1, 0.15) is 11.1 Å². The lowest BCUT2D eigenvalue weighted by molar-refractivity contribution is -0.141. The molecule has 1 aromatic heterocycles. The minimum atomic E-state index is -0.341. The number of rotatable bonds is 8. The smallest absolute Gasteiger partial charge is 0.316 e. The number of esters is 1. The molecule has 0 aliphatic carbocycles. The Labute approximate surface area is 161 Å². The van der Waals surface area contributed by atoms with Gasteiger partial charge in [-0.15, -0.1) is 5.10 Å². The summed E-state index contributed by atoms with van der Waals surface area (Å²) in [6.45, 7) is 4.50. The number of aromatic nitrogens is 4. The van der Waals surface area contributed by atoms with Gasteiger partial charge in [-0.05, 0) is 53.6 Å². The van der Waals surface area contributed by atoms with E-state index >= 15 is 0 Å². The van der Waals surface area contributed by atoms with Crippen molar-refractivity contribution in [2.45, 2.75) is 19.0 Å². The van der Waals surface area contributed by atoms with E-state index in [1.165, 1.54) is 11.8 Å². The molecule has 0 fully saturated rings. The van der Waals surface area contributed by atoms with Crippen molar-refractivity contribution < 1.29 is 14.3 Å². The van der Waals surface area contributed by atoms with Crippen LogP contribution in [-0.2, 0) is 9.53 Å². The maximum absolute atomic E-state index is 11.9. The Morgan fingerprint density at radius 1 is 1.11 bits per heavy atom. The van der Waals surface area contributed by atoms with Crippen LogP contribution in [0.2, 0.25) is 0 Å². The molecule has 27 heavy (non-hydrogen) atoms. The quantitative estimate of drug-likeness (QED) is 0.335. The predicted molar refractivity (Wildman–Crippen MR) is 102 cm³/mol. The summed E-state index contributed by atoms with van der Waals surface area (Å²) in [5, 5.41) is 12.3. The first-order valence-corrected chi connectivity index (χ1v) is 9.44. The van der Waals surface area contributed by atoms with Crippen LogP contribution >= 0.6 is 11.8 Å². The molecule has 0 bridgehead atoms. The van der Waals surface area contributed by atoms with Crippen molar-refractivity contribution in [2.75, 3.05) is 19.0 Å². The number of benzene rings is 2. The van der Waals surface area contributed by atoms with Gasteiger partial charge < -0.3 is 9.47 Å². The molecule has 0 radical (unpaired) electrons. The maximum Gasteiger partial charge on any atom is 0.316 e. The number of aryl methyl sites for hydroxylation is 2. The molecule has 3 aromatic rings. The van der Waals surface area contributed by atoms with Gasteiger partial charge in [-0.3, -0.25) is 4.79 Å². The van der Waals surface area contributed by atoms with Crippen LogP contribution in [0.15, 0.2) is 53.7 Å². The zero-order chi connectivity index (χ0) is 19.1. The number of thioether (sulfide) groups is 1. The van der Waals surface area contributed by atoms with Crippen molar-refractivity contribution >= 4 is 17.7 Å². The molecule has 8 heteroatoms. The second-order valence-electron chi connectivity index (χ2n) is 5.83. The van der Waals surface area contributed by atoms with Crippen LogP contribution in [0.3, 0.4) is 0 Å². The van der Waals surface area contributed by atoms with E-state index in [0.717, 1.165) is 22.6 Å². The largest absolute Gasteiger partial charge is 0.490 e. The van der Waals surface area contributed by atoms with Gasteiger partial charge in [0.05, 0.1) is 11.4 Å². The van der Waals surface area contributed by atoms with E-state index in [1.807, 2.05) is 62.4 Å². The predicted octanol–water partition coefficient (Wildman–Crippen LogP) is 2.99. The molecular weight excluding hydrogens is 364 g/mol. The summed E-state index contributed by atoms with van der Waals surface area (Å²) in [6.07, 6.45) is 0. The first-order valence-electron chi connectivity index (χ1n) is 8.46. The van der Waals surface area contributed by atoms with Crippen molar-refractivity contribution in [3.05, 3.63) is 59.7 Å². The third-order valence-corrected chi connectivity index (χ3v) is 4.60. The Bertz CT molecular complexity index is 899. The summed E-state index contributed by atoms with van der Waals surface area (Å²) in [5.74, 6) is 0.527. The van der Waals surface area contributed by atoms with Gasteiger partial charge in [0.1, 0.15) is 19.0 Å². The molecule has 0 amide bonds. The normalized spacial score (nSPS) is 10.6. The zero-order valence-electron chi connectivity index (χ0n) is 15.2. The molecule has 7 nitrogen and oxygen atoms in total. The van der Waals surface area contributed by atoms with E-state index in [0.29, 0.717) is 11.8 Å². The number of hydrogen-bond acceptors (Lipinski definition) is 7. The molecule has 2 aromatic carbocycles. The zero-order valence-corrected chi connectivity index (χ0v) is 16.0. The highest BCUT2D eigenvalue weighted by molar-refractivity contribution is 7.99. The number of hydrogen-bond donors (Lipinski definition) is 0. The lowest BCUT2D eigenvalue weighted by Crippen LogP contribution is -2.14. The Hall–Kier alpha value is -2.87. The summed E-state index contributed by atoms with van der Waals surface area (Å²) < 4.78 is 12.3. The van der Waals surface area contributed by atoms with Crippen molar-refractivity contribution in [3.8, 4) is 11.4 Å². The molecule has 0 saturated carbocycles. The average Bonchev–Trinajstić information content (AvgIpc) is 3.15. The molecule has 0 aliphatic rings. The van der Waals surface area contributed by atoms with Gasteiger partial charge in [0, 0.05) is 0 Å².